The molecule has 3 heterocycles. The molecule has 5 N–H and O–H groups in total. The van der Waals surface area contributed by atoms with Gasteiger partial charge in [-0.15, -0.1) is 0 Å². The summed E-state index contributed by atoms with van der Waals surface area (Å²) < 4.78 is 43.4. The van der Waals surface area contributed by atoms with E-state index < -0.39 is 49.6 Å². The first kappa shape index (κ1) is 34.6. The number of hydrogen-bond acceptors (Lipinski definition) is 13. The van der Waals surface area contributed by atoms with Gasteiger partial charge in [0.2, 0.25) is 11.8 Å². The highest BCUT2D eigenvalue weighted by atomic mass is 31.2. The first-order valence-corrected chi connectivity index (χ1v) is 15.9. The number of ether oxygens (including phenoxy) is 4. The van der Waals surface area contributed by atoms with Crippen LogP contribution in [0.1, 0.15) is 74.0 Å². The highest BCUT2D eigenvalue weighted by molar-refractivity contribution is 7.54. The first-order valence-electron chi connectivity index (χ1n) is 14.3. The lowest BCUT2D eigenvalue weighted by molar-refractivity contribution is -0.150. The minimum atomic E-state index is -4.11. The molecule has 0 bridgehead atoms. The molecule has 43 heavy (non-hydrogen) atoms. The number of imidazole rings is 1. The third-order valence-electron chi connectivity index (χ3n) is 7.01. The monoisotopic (exact) mass is 629 g/mol. The number of carbonyl (C=O) groups excluding carboxylic acids is 2. The average molecular weight is 630 g/mol. The first-order chi connectivity index (χ1) is 20.1. The number of fused-ring (bicyclic) bond motifs is 1. The number of anilines is 1. The molecule has 16 nitrogen and oxygen atoms in total. The van der Waals surface area contributed by atoms with Crippen LogP contribution in [0.4, 0.5) is 5.95 Å². The fourth-order valence-corrected chi connectivity index (χ4v) is 6.14. The molecular formula is C26H44N7O9P. The average Bonchev–Trinajstić information content (AvgIpc) is 3.49. The summed E-state index contributed by atoms with van der Waals surface area (Å²) in [4.78, 5) is 37.8. The van der Waals surface area contributed by atoms with E-state index in [2.05, 4.69) is 25.1 Å². The molecule has 17 heteroatoms. The third kappa shape index (κ3) is 8.61. The predicted octanol–water partition coefficient (Wildman–Crippen LogP) is 2.22. The van der Waals surface area contributed by atoms with E-state index in [1.807, 2.05) is 13.8 Å². The summed E-state index contributed by atoms with van der Waals surface area (Å²) in [6.45, 7) is 11.5. The van der Waals surface area contributed by atoms with Gasteiger partial charge < -0.3 is 34.3 Å². The molecule has 7 atom stereocenters. The van der Waals surface area contributed by atoms with Crippen molar-refractivity contribution in [3.8, 4) is 5.88 Å². The molecule has 2 unspecified atom stereocenters. The quantitative estimate of drug-likeness (QED) is 0.164. The van der Waals surface area contributed by atoms with Gasteiger partial charge in [0.15, 0.2) is 17.4 Å². The van der Waals surface area contributed by atoms with Crippen LogP contribution >= 0.6 is 7.67 Å². The molecule has 1 aliphatic rings. The van der Waals surface area contributed by atoms with Crippen LogP contribution in [0.15, 0.2) is 6.33 Å². The second-order valence-corrected chi connectivity index (χ2v) is 12.8. The Labute approximate surface area is 250 Å². The zero-order chi connectivity index (χ0) is 32.1. The Hall–Kier alpha value is -2.88. The smallest absolute Gasteiger partial charge is 0.342 e. The van der Waals surface area contributed by atoms with E-state index in [1.165, 1.54) is 31.9 Å². The van der Waals surface area contributed by atoms with Crippen molar-refractivity contribution in [2.45, 2.75) is 110 Å². The number of nitrogen functional groups attached to an aromatic ring is 1. The van der Waals surface area contributed by atoms with Crippen LogP contribution in [0.5, 0.6) is 5.88 Å². The highest BCUT2D eigenvalue weighted by Crippen LogP contribution is 2.44. The second kappa shape index (κ2) is 14.3. The summed E-state index contributed by atoms with van der Waals surface area (Å²) in [5.74, 6) is -1.17. The van der Waals surface area contributed by atoms with E-state index in [-0.39, 0.29) is 42.7 Å². The van der Waals surface area contributed by atoms with Crippen LogP contribution in [-0.4, -0.2) is 86.3 Å². The van der Waals surface area contributed by atoms with E-state index in [0.29, 0.717) is 18.4 Å². The maximum atomic E-state index is 14.0. The second-order valence-electron chi connectivity index (χ2n) is 10.9. The van der Waals surface area contributed by atoms with Gasteiger partial charge in [0.05, 0.1) is 38.4 Å². The summed E-state index contributed by atoms with van der Waals surface area (Å²) in [5, 5.41) is 16.6. The number of nitrogens with one attached hydrogen (secondary N) is 2. The summed E-state index contributed by atoms with van der Waals surface area (Å²) in [7, 11) is -2.69. The van der Waals surface area contributed by atoms with Crippen molar-refractivity contribution < 1.29 is 42.7 Å². The molecule has 2 aromatic rings. The molecule has 1 aliphatic heterocycles. The van der Waals surface area contributed by atoms with Crippen LogP contribution in [0, 0.1) is 0 Å². The van der Waals surface area contributed by atoms with Crippen molar-refractivity contribution in [3.63, 3.8) is 0 Å². The van der Waals surface area contributed by atoms with Gasteiger partial charge in [0, 0.05) is 6.42 Å². The fourth-order valence-electron chi connectivity index (χ4n) is 4.31. The lowest BCUT2D eigenvalue weighted by Gasteiger charge is -2.27. The maximum absolute atomic E-state index is 14.0. The Morgan fingerprint density at radius 3 is 2.21 bits per heavy atom. The third-order valence-corrected chi connectivity index (χ3v) is 8.98. The van der Waals surface area contributed by atoms with Gasteiger partial charge in [-0.25, -0.2) is 15.2 Å². The Bertz CT molecular complexity index is 1290. The van der Waals surface area contributed by atoms with Gasteiger partial charge in [0.25, 0.3) is 0 Å². The van der Waals surface area contributed by atoms with Crippen LogP contribution in [0.3, 0.4) is 0 Å². The minimum Gasteiger partial charge on any atom is -0.479 e. The molecule has 0 radical (unpaired) electrons. The van der Waals surface area contributed by atoms with Crippen molar-refractivity contribution >= 4 is 36.7 Å². The number of aromatic nitrogens is 4. The number of esters is 2. The molecule has 0 saturated carbocycles. The molecule has 0 amide bonds. The van der Waals surface area contributed by atoms with Crippen molar-refractivity contribution in [1.29, 1.82) is 0 Å². The van der Waals surface area contributed by atoms with Gasteiger partial charge in [-0.2, -0.15) is 9.97 Å². The molecule has 1 fully saturated rings. The molecule has 0 spiro atoms. The van der Waals surface area contributed by atoms with Gasteiger partial charge in [-0.05, 0) is 47.5 Å². The Balaban J connectivity index is 1.79. The normalized spacial score (nSPS) is 24.6. The van der Waals surface area contributed by atoms with Crippen molar-refractivity contribution in [2.24, 2.45) is 0 Å². The van der Waals surface area contributed by atoms with E-state index in [1.54, 1.807) is 20.8 Å². The number of hydrogen-bond donors (Lipinski definition) is 4. The molecule has 1 saturated heterocycles. The summed E-state index contributed by atoms with van der Waals surface area (Å²) in [6.07, 6.45) is 0.265. The van der Waals surface area contributed by atoms with Gasteiger partial charge in [-0.3, -0.25) is 18.7 Å². The zero-order valence-electron chi connectivity index (χ0n) is 25.9. The number of rotatable bonds is 15. The van der Waals surface area contributed by atoms with Crippen LogP contribution < -0.4 is 20.6 Å². The van der Waals surface area contributed by atoms with Crippen molar-refractivity contribution in [3.05, 3.63) is 6.33 Å². The highest BCUT2D eigenvalue weighted by Gasteiger charge is 2.47. The Kier molecular flexibility index (Phi) is 11.5. The number of aliphatic hydroxyl groups is 1. The molecule has 2 aromatic heterocycles. The maximum Gasteiger partial charge on any atom is 0.342 e. The van der Waals surface area contributed by atoms with Gasteiger partial charge >= 0.3 is 19.6 Å². The number of methoxy groups -OCH3 is 1. The topological polar surface area (TPSA) is 211 Å². The lowest BCUT2D eigenvalue weighted by Crippen LogP contribution is -2.43. The van der Waals surface area contributed by atoms with Gasteiger partial charge in [-0.1, -0.05) is 13.8 Å². The summed E-state index contributed by atoms with van der Waals surface area (Å²) in [5.41, 5.74) is 5.01. The largest absolute Gasteiger partial charge is 0.479 e. The summed E-state index contributed by atoms with van der Waals surface area (Å²) >= 11 is 0. The van der Waals surface area contributed by atoms with E-state index in [4.69, 9.17) is 29.2 Å². The van der Waals surface area contributed by atoms with Crippen molar-refractivity contribution in [1.82, 2.24) is 29.7 Å². The van der Waals surface area contributed by atoms with E-state index in [0.717, 1.165) is 0 Å². The van der Waals surface area contributed by atoms with Crippen LogP contribution in [0.25, 0.3) is 11.2 Å². The van der Waals surface area contributed by atoms with Gasteiger partial charge in [0.1, 0.15) is 17.7 Å². The molecule has 0 aliphatic carbocycles. The van der Waals surface area contributed by atoms with E-state index >= 15 is 0 Å². The molecule has 242 valence electrons. The molecular weight excluding hydrogens is 585 g/mol. The zero-order valence-corrected chi connectivity index (χ0v) is 26.8. The molecule has 0 aromatic carbocycles. The minimum absolute atomic E-state index is 0.0522. The molecule has 3 rings (SSSR count). The fraction of sp³-hybridized carbons (Fsp3) is 0.731. The predicted molar refractivity (Wildman–Crippen MR) is 156 cm³/mol. The standard InChI is InChI=1S/C26H44N7O9P/c1-9-14(3)40-22(34)16(5)31-43(37,32-17(6)23(35)41-15(4)10-2)39-12-18-11-26(7,36)24(42-18)33-13-28-19-20(33)29-25(27)30-21(19)38-8/h13-18,24,36H,9-12H2,1-8H3,(H2,27,29,30)(H2,31,32,37)/t14?,15?,16-,17-,18-,24+,26+,43?/m0/s1. The number of nitrogens with two attached hydrogens (primary N) is 1. The van der Waals surface area contributed by atoms with Crippen LogP contribution in [0.2, 0.25) is 0 Å². The number of nitrogens with zero attached hydrogens (tertiary/aromatic N) is 4. The SMILES string of the molecule is CCC(C)OC(=O)[C@H](C)NP(=O)(N[C@@H](C)C(=O)OC(C)CC)OC[C@@H]1C[C@@](C)(O)[C@H](n2cnc3c(OC)nc(N)nc32)O1. The Morgan fingerprint density at radius 1 is 1.14 bits per heavy atom. The lowest BCUT2D eigenvalue weighted by atomic mass is 10.0. The summed E-state index contributed by atoms with van der Waals surface area (Å²) in [6, 6.07) is -2.11. The van der Waals surface area contributed by atoms with Crippen LogP contribution in [-0.2, 0) is 32.9 Å². The Morgan fingerprint density at radius 2 is 1.70 bits per heavy atom. The number of carbonyl (C=O) groups is 2. The van der Waals surface area contributed by atoms with E-state index in [9.17, 15) is 19.3 Å². The van der Waals surface area contributed by atoms with Crippen molar-refractivity contribution in [2.75, 3.05) is 19.5 Å².